The third-order valence-corrected chi connectivity index (χ3v) is 5.39. The van der Waals surface area contributed by atoms with Crippen LogP contribution in [0.25, 0.3) is 0 Å². The van der Waals surface area contributed by atoms with Gasteiger partial charge in [0.1, 0.15) is 5.75 Å². The van der Waals surface area contributed by atoms with Gasteiger partial charge in [0.2, 0.25) is 5.91 Å². The van der Waals surface area contributed by atoms with Crippen LogP contribution in [0.5, 0.6) is 5.75 Å². The van der Waals surface area contributed by atoms with E-state index in [0.717, 1.165) is 50.5 Å². The molecule has 0 unspecified atom stereocenters. The van der Waals surface area contributed by atoms with E-state index in [9.17, 15) is 4.79 Å². The number of carbonyl (C=O) groups excluding carboxylic acids is 1. The summed E-state index contributed by atoms with van der Waals surface area (Å²) >= 11 is 0. The van der Waals surface area contributed by atoms with Crippen LogP contribution in [-0.2, 0) is 17.8 Å². The van der Waals surface area contributed by atoms with Crippen LogP contribution in [0.2, 0.25) is 0 Å². The molecule has 0 bridgehead atoms. The van der Waals surface area contributed by atoms with E-state index in [1.165, 1.54) is 5.56 Å². The van der Waals surface area contributed by atoms with E-state index in [4.69, 9.17) is 4.74 Å². The predicted molar refractivity (Wildman–Crippen MR) is 112 cm³/mol. The molecule has 0 aliphatic carbocycles. The maximum absolute atomic E-state index is 12.6. The molecule has 2 aromatic rings. The maximum atomic E-state index is 12.6. The number of nitrogens with zero attached hydrogens (tertiary/aromatic N) is 3. The largest absolute Gasteiger partial charge is 0.497 e. The number of ether oxygens (including phenoxy) is 1. The molecule has 0 aromatic heterocycles. The Morgan fingerprint density at radius 3 is 2.21 bits per heavy atom. The Morgan fingerprint density at radius 2 is 1.57 bits per heavy atom. The first-order valence-corrected chi connectivity index (χ1v) is 9.99. The lowest BCUT2D eigenvalue weighted by molar-refractivity contribution is -0.132. The van der Waals surface area contributed by atoms with Gasteiger partial charge in [0, 0.05) is 46.3 Å². The molecule has 0 radical (unpaired) electrons. The topological polar surface area (TPSA) is 36.0 Å². The Balaban J connectivity index is 1.37. The lowest BCUT2D eigenvalue weighted by Gasteiger charge is -2.35. The van der Waals surface area contributed by atoms with Gasteiger partial charge < -0.3 is 14.5 Å². The van der Waals surface area contributed by atoms with Crippen molar-refractivity contribution < 1.29 is 9.53 Å². The SMILES string of the molecule is COc1ccc(CN(C)C(=O)CN2CCN(CCc3ccccc3)CC2)cc1. The first-order chi connectivity index (χ1) is 13.6. The molecule has 2 aromatic carbocycles. The molecule has 28 heavy (non-hydrogen) atoms. The number of rotatable bonds is 8. The minimum Gasteiger partial charge on any atom is -0.497 e. The molecule has 5 nitrogen and oxygen atoms in total. The monoisotopic (exact) mass is 381 g/mol. The fourth-order valence-electron chi connectivity index (χ4n) is 3.51. The smallest absolute Gasteiger partial charge is 0.236 e. The summed E-state index contributed by atoms with van der Waals surface area (Å²) in [7, 11) is 3.54. The van der Waals surface area contributed by atoms with Gasteiger partial charge in [0.25, 0.3) is 0 Å². The zero-order chi connectivity index (χ0) is 19.8. The minimum absolute atomic E-state index is 0.175. The van der Waals surface area contributed by atoms with Gasteiger partial charge in [-0.1, -0.05) is 42.5 Å². The molecular formula is C23H31N3O2. The fraction of sp³-hybridized carbons (Fsp3) is 0.435. The molecule has 5 heteroatoms. The molecule has 1 heterocycles. The van der Waals surface area contributed by atoms with Gasteiger partial charge in [-0.15, -0.1) is 0 Å². The van der Waals surface area contributed by atoms with Gasteiger partial charge in [0.15, 0.2) is 0 Å². The van der Waals surface area contributed by atoms with Gasteiger partial charge in [-0.05, 0) is 29.7 Å². The summed E-state index contributed by atoms with van der Waals surface area (Å²) in [5, 5.41) is 0. The average molecular weight is 382 g/mol. The molecular weight excluding hydrogens is 350 g/mol. The summed E-state index contributed by atoms with van der Waals surface area (Å²) in [5.41, 5.74) is 2.50. The number of benzene rings is 2. The van der Waals surface area contributed by atoms with Gasteiger partial charge in [0.05, 0.1) is 13.7 Å². The van der Waals surface area contributed by atoms with Crippen molar-refractivity contribution >= 4 is 5.91 Å². The van der Waals surface area contributed by atoms with Crippen molar-refractivity contribution in [2.24, 2.45) is 0 Å². The quantitative estimate of drug-likeness (QED) is 0.704. The van der Waals surface area contributed by atoms with Crippen LogP contribution >= 0.6 is 0 Å². The molecule has 0 N–H and O–H groups in total. The maximum Gasteiger partial charge on any atom is 0.236 e. The van der Waals surface area contributed by atoms with Crippen molar-refractivity contribution in [2.45, 2.75) is 13.0 Å². The third-order valence-electron chi connectivity index (χ3n) is 5.39. The molecule has 0 saturated carbocycles. The van der Waals surface area contributed by atoms with Crippen LogP contribution in [0.1, 0.15) is 11.1 Å². The third kappa shape index (κ3) is 6.08. The predicted octanol–water partition coefficient (Wildman–Crippen LogP) is 2.51. The van der Waals surface area contributed by atoms with E-state index in [2.05, 4.69) is 40.1 Å². The van der Waals surface area contributed by atoms with E-state index in [1.807, 2.05) is 36.2 Å². The summed E-state index contributed by atoms with van der Waals surface area (Å²) in [6.07, 6.45) is 1.09. The first kappa shape index (κ1) is 20.4. The van der Waals surface area contributed by atoms with Gasteiger partial charge in [-0.25, -0.2) is 0 Å². The molecule has 1 fully saturated rings. The lowest BCUT2D eigenvalue weighted by Crippen LogP contribution is -2.49. The summed E-state index contributed by atoms with van der Waals surface area (Å²) in [5.74, 6) is 1.01. The Hall–Kier alpha value is -2.37. The Bertz CT molecular complexity index is 725. The highest BCUT2D eigenvalue weighted by Gasteiger charge is 2.20. The second-order valence-corrected chi connectivity index (χ2v) is 7.45. The standard InChI is InChI=1S/C23H31N3O2/c1-24(18-21-8-10-22(28-2)11-9-21)23(27)19-26-16-14-25(15-17-26)13-12-20-6-4-3-5-7-20/h3-11H,12-19H2,1-2H3. The van der Waals surface area contributed by atoms with E-state index in [0.29, 0.717) is 13.1 Å². The zero-order valence-corrected chi connectivity index (χ0v) is 17.0. The zero-order valence-electron chi connectivity index (χ0n) is 17.0. The molecule has 0 atom stereocenters. The van der Waals surface area contributed by atoms with Gasteiger partial charge in [-0.3, -0.25) is 9.69 Å². The molecule has 1 aliphatic heterocycles. The number of carbonyl (C=O) groups is 1. The number of amides is 1. The van der Waals surface area contributed by atoms with Crippen molar-refractivity contribution in [3.05, 3.63) is 65.7 Å². The van der Waals surface area contributed by atoms with Crippen LogP contribution in [0.15, 0.2) is 54.6 Å². The Morgan fingerprint density at radius 1 is 0.929 bits per heavy atom. The Kier molecular flexibility index (Phi) is 7.46. The van der Waals surface area contributed by atoms with Crippen molar-refractivity contribution in [1.29, 1.82) is 0 Å². The average Bonchev–Trinajstić information content (AvgIpc) is 2.74. The highest BCUT2D eigenvalue weighted by molar-refractivity contribution is 5.78. The molecule has 3 rings (SSSR count). The fourth-order valence-corrected chi connectivity index (χ4v) is 3.51. The van der Waals surface area contributed by atoms with Crippen LogP contribution < -0.4 is 4.74 Å². The normalized spacial score (nSPS) is 15.4. The van der Waals surface area contributed by atoms with Crippen LogP contribution in [0.4, 0.5) is 0 Å². The second-order valence-electron chi connectivity index (χ2n) is 7.45. The second kappa shape index (κ2) is 10.2. The van der Waals surface area contributed by atoms with Crippen molar-refractivity contribution in [3.8, 4) is 5.75 Å². The molecule has 1 amide bonds. The van der Waals surface area contributed by atoms with Gasteiger partial charge >= 0.3 is 0 Å². The number of hydrogen-bond donors (Lipinski definition) is 0. The van der Waals surface area contributed by atoms with Crippen LogP contribution in [0, 0.1) is 0 Å². The van der Waals surface area contributed by atoms with E-state index < -0.39 is 0 Å². The summed E-state index contributed by atoms with van der Waals surface area (Å²) in [4.78, 5) is 19.2. The van der Waals surface area contributed by atoms with Gasteiger partial charge in [-0.2, -0.15) is 0 Å². The van der Waals surface area contributed by atoms with Crippen molar-refractivity contribution in [3.63, 3.8) is 0 Å². The number of hydrogen-bond acceptors (Lipinski definition) is 4. The van der Waals surface area contributed by atoms with Crippen LogP contribution in [0.3, 0.4) is 0 Å². The van der Waals surface area contributed by atoms with E-state index in [1.54, 1.807) is 7.11 Å². The van der Waals surface area contributed by atoms with Crippen LogP contribution in [-0.4, -0.2) is 74.0 Å². The minimum atomic E-state index is 0.175. The summed E-state index contributed by atoms with van der Waals surface area (Å²) < 4.78 is 5.18. The van der Waals surface area contributed by atoms with E-state index in [-0.39, 0.29) is 5.91 Å². The number of piperazine rings is 1. The van der Waals surface area contributed by atoms with Crippen molar-refractivity contribution in [2.75, 3.05) is 53.4 Å². The highest BCUT2D eigenvalue weighted by atomic mass is 16.5. The number of likely N-dealkylation sites (N-methyl/N-ethyl adjacent to an activating group) is 1. The molecule has 150 valence electrons. The Labute approximate surface area is 168 Å². The summed E-state index contributed by atoms with van der Waals surface area (Å²) in [6, 6.07) is 18.5. The van der Waals surface area contributed by atoms with Crippen molar-refractivity contribution in [1.82, 2.24) is 14.7 Å². The molecule has 1 saturated heterocycles. The highest BCUT2D eigenvalue weighted by Crippen LogP contribution is 2.13. The lowest BCUT2D eigenvalue weighted by atomic mass is 10.1. The summed E-state index contributed by atoms with van der Waals surface area (Å²) in [6.45, 7) is 6.18. The molecule has 1 aliphatic rings. The molecule has 0 spiro atoms. The number of methoxy groups -OCH3 is 1. The first-order valence-electron chi connectivity index (χ1n) is 9.99. The van der Waals surface area contributed by atoms with E-state index >= 15 is 0 Å².